The van der Waals surface area contributed by atoms with Gasteiger partial charge in [0.15, 0.2) is 0 Å². The van der Waals surface area contributed by atoms with E-state index < -0.39 is 0 Å². The Morgan fingerprint density at radius 1 is 1.25 bits per heavy atom. The van der Waals surface area contributed by atoms with Gasteiger partial charge in [0, 0.05) is 0 Å². The summed E-state index contributed by atoms with van der Waals surface area (Å²) >= 11 is 5.77. The Labute approximate surface area is 96.8 Å². The van der Waals surface area contributed by atoms with Crippen LogP contribution in [0.15, 0.2) is 23.3 Å². The van der Waals surface area contributed by atoms with Crippen LogP contribution in [0.1, 0.15) is 5.56 Å². The zero-order valence-electron chi connectivity index (χ0n) is 7.90. The predicted octanol–water partition coefficient (Wildman–Crippen LogP) is 2.03. The zero-order valence-corrected chi connectivity index (χ0v) is 8.65. The summed E-state index contributed by atoms with van der Waals surface area (Å²) in [7, 11) is 0. The summed E-state index contributed by atoms with van der Waals surface area (Å²) in [5.41, 5.74) is 2.67. The second-order valence-electron chi connectivity index (χ2n) is 2.57. The van der Waals surface area contributed by atoms with Crippen LogP contribution < -0.4 is 5.43 Å². The number of nitriles is 3. The van der Waals surface area contributed by atoms with Gasteiger partial charge in [-0.2, -0.15) is 20.9 Å². The van der Waals surface area contributed by atoms with E-state index in [1.54, 1.807) is 30.3 Å². The van der Waals surface area contributed by atoms with Crippen molar-refractivity contribution in [3.05, 3.63) is 28.8 Å². The molecule has 6 heteroatoms. The average molecular weight is 230 g/mol. The lowest BCUT2D eigenvalue weighted by Crippen LogP contribution is -1.98. The molecule has 0 saturated carbocycles. The van der Waals surface area contributed by atoms with Crippen LogP contribution in [0.2, 0.25) is 5.02 Å². The van der Waals surface area contributed by atoms with Crippen LogP contribution in [-0.4, -0.2) is 5.71 Å². The Morgan fingerprint density at radius 2 is 1.94 bits per heavy atom. The molecule has 16 heavy (non-hydrogen) atoms. The highest BCUT2D eigenvalue weighted by Crippen LogP contribution is 2.23. The fourth-order valence-corrected chi connectivity index (χ4v) is 1.14. The molecule has 0 spiro atoms. The molecule has 0 atom stereocenters. The molecular formula is C10H4ClN5. The summed E-state index contributed by atoms with van der Waals surface area (Å²) in [6.45, 7) is 0. The lowest BCUT2D eigenvalue weighted by molar-refractivity contribution is 1.32. The first-order valence-electron chi connectivity index (χ1n) is 4.05. The normalized spacial score (nSPS) is 8.12. The molecule has 0 aliphatic rings. The number of benzene rings is 1. The Balaban J connectivity index is 3.06. The second-order valence-corrected chi connectivity index (χ2v) is 2.98. The Kier molecular flexibility index (Phi) is 3.86. The highest BCUT2D eigenvalue weighted by atomic mass is 35.5. The monoisotopic (exact) mass is 229 g/mol. The number of hydrazone groups is 1. The number of nitrogens with one attached hydrogen (secondary N) is 1. The standard InChI is InChI=1S/C10H4ClN5/c11-9-2-1-3-10(8(9)6-14)16-15-7(4-12)5-13/h1-3,16H. The Bertz CT molecular complexity index is 540. The summed E-state index contributed by atoms with van der Waals surface area (Å²) in [5, 5.41) is 29.5. The maximum atomic E-state index is 8.83. The quantitative estimate of drug-likeness (QED) is 0.620. The zero-order chi connectivity index (χ0) is 12.0. The molecule has 0 amide bonds. The number of hydrogen-bond acceptors (Lipinski definition) is 5. The molecule has 1 aromatic rings. The molecule has 0 heterocycles. The van der Waals surface area contributed by atoms with Crippen molar-refractivity contribution >= 4 is 23.0 Å². The molecule has 0 saturated heterocycles. The molecule has 5 nitrogen and oxygen atoms in total. The van der Waals surface area contributed by atoms with Crippen LogP contribution in [0, 0.1) is 34.0 Å². The maximum absolute atomic E-state index is 8.83. The van der Waals surface area contributed by atoms with Gasteiger partial charge in [0.2, 0.25) is 5.71 Å². The number of nitrogens with zero attached hydrogens (tertiary/aromatic N) is 4. The van der Waals surface area contributed by atoms with Crippen LogP contribution in [0.25, 0.3) is 0 Å². The maximum Gasteiger partial charge on any atom is 0.237 e. The molecule has 1 aromatic carbocycles. The number of anilines is 1. The van der Waals surface area contributed by atoms with Crippen molar-refractivity contribution in [2.75, 3.05) is 5.43 Å². The summed E-state index contributed by atoms with van der Waals surface area (Å²) in [6.07, 6.45) is 0. The van der Waals surface area contributed by atoms with Crippen molar-refractivity contribution in [2.24, 2.45) is 5.10 Å². The molecular weight excluding hydrogens is 226 g/mol. The fourth-order valence-electron chi connectivity index (χ4n) is 0.922. The van der Waals surface area contributed by atoms with E-state index in [0.717, 1.165) is 0 Å². The highest BCUT2D eigenvalue weighted by Gasteiger charge is 2.05. The highest BCUT2D eigenvalue weighted by molar-refractivity contribution is 6.32. The minimum absolute atomic E-state index is 0.211. The van der Waals surface area contributed by atoms with Crippen molar-refractivity contribution in [3.63, 3.8) is 0 Å². The molecule has 0 fully saturated rings. The van der Waals surface area contributed by atoms with Crippen molar-refractivity contribution < 1.29 is 0 Å². The molecule has 1 N–H and O–H groups in total. The van der Waals surface area contributed by atoms with Crippen molar-refractivity contribution in [1.82, 2.24) is 0 Å². The van der Waals surface area contributed by atoms with E-state index in [0.29, 0.717) is 5.69 Å². The van der Waals surface area contributed by atoms with E-state index in [-0.39, 0.29) is 16.3 Å². The summed E-state index contributed by atoms with van der Waals surface area (Å²) in [5.74, 6) is 0. The minimum Gasteiger partial charge on any atom is -0.275 e. The van der Waals surface area contributed by atoms with Gasteiger partial charge in [-0.25, -0.2) is 0 Å². The summed E-state index contributed by atoms with van der Waals surface area (Å²) in [4.78, 5) is 0. The van der Waals surface area contributed by atoms with Gasteiger partial charge in [0.05, 0.1) is 16.3 Å². The molecule has 76 valence electrons. The third-order valence-corrected chi connectivity index (χ3v) is 1.94. The van der Waals surface area contributed by atoms with E-state index in [4.69, 9.17) is 27.4 Å². The van der Waals surface area contributed by atoms with Gasteiger partial charge in [0.25, 0.3) is 0 Å². The van der Waals surface area contributed by atoms with E-state index in [2.05, 4.69) is 10.5 Å². The molecule has 0 radical (unpaired) electrons. The third kappa shape index (κ3) is 2.48. The van der Waals surface area contributed by atoms with Crippen LogP contribution in [0.3, 0.4) is 0 Å². The van der Waals surface area contributed by atoms with Gasteiger partial charge in [-0.1, -0.05) is 17.7 Å². The number of hydrogen-bond donors (Lipinski definition) is 1. The molecule has 0 aliphatic heterocycles. The van der Waals surface area contributed by atoms with Gasteiger partial charge in [0.1, 0.15) is 18.2 Å². The van der Waals surface area contributed by atoms with Crippen molar-refractivity contribution in [2.45, 2.75) is 0 Å². The molecule has 0 unspecified atom stereocenters. The van der Waals surface area contributed by atoms with E-state index in [1.807, 2.05) is 6.07 Å². The number of halogens is 1. The van der Waals surface area contributed by atoms with E-state index in [9.17, 15) is 0 Å². The third-order valence-electron chi connectivity index (χ3n) is 1.63. The first kappa shape index (κ1) is 11.5. The smallest absolute Gasteiger partial charge is 0.237 e. The van der Waals surface area contributed by atoms with Crippen molar-refractivity contribution in [3.8, 4) is 18.2 Å². The molecule has 0 aliphatic carbocycles. The summed E-state index contributed by atoms with van der Waals surface area (Å²) in [6, 6.07) is 9.82. The van der Waals surface area contributed by atoms with Gasteiger partial charge >= 0.3 is 0 Å². The van der Waals surface area contributed by atoms with Gasteiger partial charge in [-0.05, 0) is 12.1 Å². The fraction of sp³-hybridized carbons (Fsp3) is 0. The second kappa shape index (κ2) is 5.36. The molecule has 1 rings (SSSR count). The first-order chi connectivity index (χ1) is 7.72. The average Bonchev–Trinajstić information content (AvgIpc) is 2.30. The van der Waals surface area contributed by atoms with Crippen molar-refractivity contribution in [1.29, 1.82) is 15.8 Å². The van der Waals surface area contributed by atoms with E-state index in [1.165, 1.54) is 0 Å². The van der Waals surface area contributed by atoms with Crippen LogP contribution >= 0.6 is 11.6 Å². The lowest BCUT2D eigenvalue weighted by atomic mass is 10.2. The largest absolute Gasteiger partial charge is 0.275 e. The SMILES string of the molecule is N#CC(C#N)=NNc1cccc(Cl)c1C#N. The van der Waals surface area contributed by atoms with Gasteiger partial charge < -0.3 is 0 Å². The molecule has 0 bridgehead atoms. The number of rotatable bonds is 2. The van der Waals surface area contributed by atoms with Gasteiger partial charge in [-0.15, -0.1) is 0 Å². The topological polar surface area (TPSA) is 95.8 Å². The van der Waals surface area contributed by atoms with Crippen LogP contribution in [-0.2, 0) is 0 Å². The van der Waals surface area contributed by atoms with E-state index >= 15 is 0 Å². The Morgan fingerprint density at radius 3 is 2.50 bits per heavy atom. The Hall–Kier alpha value is -2.55. The molecule has 0 aromatic heterocycles. The van der Waals surface area contributed by atoms with Crippen LogP contribution in [0.5, 0.6) is 0 Å². The summed E-state index contributed by atoms with van der Waals surface area (Å²) < 4.78 is 0. The lowest BCUT2D eigenvalue weighted by Gasteiger charge is -2.03. The van der Waals surface area contributed by atoms with Gasteiger partial charge in [-0.3, -0.25) is 5.43 Å². The van der Waals surface area contributed by atoms with Crippen LogP contribution in [0.4, 0.5) is 5.69 Å². The first-order valence-corrected chi connectivity index (χ1v) is 4.43. The predicted molar refractivity (Wildman–Crippen MR) is 58.5 cm³/mol. The minimum atomic E-state index is -0.330.